The molecule has 0 fully saturated rings. The van der Waals surface area contributed by atoms with Gasteiger partial charge in [-0.15, -0.1) is 0 Å². The molecule has 166 valence electrons. The van der Waals surface area contributed by atoms with Crippen molar-refractivity contribution in [3.63, 3.8) is 0 Å². The molecule has 10 heteroatoms. The van der Waals surface area contributed by atoms with Crippen molar-refractivity contribution in [1.82, 2.24) is 5.32 Å². The van der Waals surface area contributed by atoms with E-state index < -0.39 is 36.9 Å². The summed E-state index contributed by atoms with van der Waals surface area (Å²) in [6, 6.07) is 9.89. The largest absolute Gasteiger partial charge is 0.497 e. The fraction of sp³-hybridized carbons (Fsp3) is 0.182. The number of hydrogen-bond acceptors (Lipinski definition) is 7. The van der Waals surface area contributed by atoms with Crippen LogP contribution in [0.15, 0.2) is 48.2 Å². The Balaban J connectivity index is 1.65. The van der Waals surface area contributed by atoms with Gasteiger partial charge in [-0.05, 0) is 35.9 Å². The Morgan fingerprint density at radius 1 is 1.12 bits per heavy atom. The number of nitrogens with one attached hydrogen (secondary N) is 1. The van der Waals surface area contributed by atoms with Crippen molar-refractivity contribution in [1.29, 1.82) is 0 Å². The molecule has 1 aliphatic rings. The highest BCUT2D eigenvalue weighted by Gasteiger charge is 2.28. The van der Waals surface area contributed by atoms with Gasteiger partial charge in [0.1, 0.15) is 23.3 Å². The van der Waals surface area contributed by atoms with E-state index in [1.54, 1.807) is 30.3 Å². The van der Waals surface area contributed by atoms with Crippen LogP contribution >= 0.6 is 0 Å². The van der Waals surface area contributed by atoms with Crippen LogP contribution in [0.1, 0.15) is 22.3 Å². The molecule has 0 aliphatic carbocycles. The first kappa shape index (κ1) is 22.3. The monoisotopic (exact) mass is 441 g/mol. The highest BCUT2D eigenvalue weighted by Crippen LogP contribution is 2.35. The van der Waals surface area contributed by atoms with E-state index >= 15 is 0 Å². The Kier molecular flexibility index (Phi) is 6.74. The van der Waals surface area contributed by atoms with Crippen molar-refractivity contribution in [3.8, 4) is 17.2 Å². The molecular weight excluding hydrogens is 422 g/mol. The molecule has 3 N–H and O–H groups in total. The minimum atomic E-state index is -1.58. The number of aliphatic carboxylic acids is 2. The van der Waals surface area contributed by atoms with Gasteiger partial charge in [-0.1, -0.05) is 12.1 Å². The number of amides is 1. The number of hydrogen-bond donors (Lipinski definition) is 3. The maximum absolute atomic E-state index is 12.6. The molecule has 1 amide bonds. The summed E-state index contributed by atoms with van der Waals surface area (Å²) >= 11 is 0. The highest BCUT2D eigenvalue weighted by molar-refractivity contribution is 6.14. The quantitative estimate of drug-likeness (QED) is 0.495. The Morgan fingerprint density at radius 3 is 2.59 bits per heavy atom. The molecule has 10 nitrogen and oxygen atoms in total. The SMILES string of the molecule is COc1cccc(C=C2Oc3cc(OCC(=O)NC(CC(=O)O)C(=O)O)ccc3C2=O)c1. The summed E-state index contributed by atoms with van der Waals surface area (Å²) in [5.41, 5.74) is 1.03. The third-order valence-electron chi connectivity index (χ3n) is 4.41. The van der Waals surface area contributed by atoms with E-state index in [2.05, 4.69) is 5.32 Å². The zero-order valence-electron chi connectivity index (χ0n) is 16.9. The number of Topliss-reactive ketones (excluding diaryl/α,β-unsaturated/α-hetero) is 1. The number of rotatable bonds is 9. The molecule has 0 saturated carbocycles. The predicted molar refractivity (Wildman–Crippen MR) is 110 cm³/mol. The lowest BCUT2D eigenvalue weighted by Gasteiger charge is -2.13. The van der Waals surface area contributed by atoms with Crippen LogP contribution in [0.5, 0.6) is 17.2 Å². The second-order valence-electron chi connectivity index (χ2n) is 6.72. The molecule has 0 spiro atoms. The van der Waals surface area contributed by atoms with E-state index in [9.17, 15) is 19.2 Å². The summed E-state index contributed by atoms with van der Waals surface area (Å²) in [4.78, 5) is 46.2. The third kappa shape index (κ3) is 5.42. The number of allylic oxidation sites excluding steroid dienone is 1. The molecular formula is C22H19NO9. The van der Waals surface area contributed by atoms with Gasteiger partial charge in [-0.2, -0.15) is 0 Å². The van der Waals surface area contributed by atoms with Crippen molar-refractivity contribution in [2.75, 3.05) is 13.7 Å². The first-order valence-electron chi connectivity index (χ1n) is 9.36. The summed E-state index contributed by atoms with van der Waals surface area (Å²) in [5, 5.41) is 19.7. The van der Waals surface area contributed by atoms with Crippen molar-refractivity contribution in [2.45, 2.75) is 12.5 Å². The molecule has 1 aliphatic heterocycles. The minimum Gasteiger partial charge on any atom is -0.497 e. The topological polar surface area (TPSA) is 148 Å². The predicted octanol–water partition coefficient (Wildman–Crippen LogP) is 1.73. The Labute approximate surface area is 182 Å². The molecule has 0 radical (unpaired) electrons. The smallest absolute Gasteiger partial charge is 0.326 e. The van der Waals surface area contributed by atoms with E-state index in [0.29, 0.717) is 16.9 Å². The van der Waals surface area contributed by atoms with Crippen LogP contribution < -0.4 is 19.5 Å². The summed E-state index contributed by atoms with van der Waals surface area (Å²) in [6.45, 7) is -0.553. The summed E-state index contributed by atoms with van der Waals surface area (Å²) in [6.07, 6.45) is 0.811. The number of benzene rings is 2. The molecule has 0 saturated heterocycles. The Bertz CT molecular complexity index is 1110. The number of carboxylic acids is 2. The standard InChI is InChI=1S/C22H19NO9/c1-30-13-4-2-3-12(7-13)8-18-21(27)15-6-5-14(9-17(15)32-18)31-11-19(24)23-16(22(28)29)10-20(25)26/h2-9,16H,10-11H2,1H3,(H,23,24)(H,25,26)(H,28,29). The van der Waals surface area contributed by atoms with Crippen LogP contribution in [0.4, 0.5) is 0 Å². The van der Waals surface area contributed by atoms with Gasteiger partial charge in [-0.25, -0.2) is 4.79 Å². The minimum absolute atomic E-state index is 0.112. The van der Waals surface area contributed by atoms with Gasteiger partial charge in [-0.3, -0.25) is 14.4 Å². The molecule has 32 heavy (non-hydrogen) atoms. The van der Waals surface area contributed by atoms with Crippen LogP contribution in [0, 0.1) is 0 Å². The van der Waals surface area contributed by atoms with Gasteiger partial charge >= 0.3 is 11.9 Å². The second kappa shape index (κ2) is 9.65. The summed E-state index contributed by atoms with van der Waals surface area (Å²) < 4.78 is 16.1. The first-order chi connectivity index (χ1) is 15.3. The van der Waals surface area contributed by atoms with Crippen molar-refractivity contribution < 1.29 is 43.6 Å². The number of ketones is 1. The lowest BCUT2D eigenvalue weighted by molar-refractivity contribution is -0.147. The Morgan fingerprint density at radius 2 is 1.91 bits per heavy atom. The summed E-state index contributed by atoms with van der Waals surface area (Å²) in [5.74, 6) is -2.76. The number of ether oxygens (including phenoxy) is 3. The van der Waals surface area contributed by atoms with Crippen molar-refractivity contribution in [3.05, 3.63) is 59.4 Å². The lowest BCUT2D eigenvalue weighted by atomic mass is 10.1. The fourth-order valence-corrected chi connectivity index (χ4v) is 2.90. The van der Waals surface area contributed by atoms with Gasteiger partial charge in [0.05, 0.1) is 19.1 Å². The molecule has 1 atom stereocenters. The molecule has 0 bridgehead atoms. The summed E-state index contributed by atoms with van der Waals surface area (Å²) in [7, 11) is 1.54. The van der Waals surface area contributed by atoms with Crippen molar-refractivity contribution >= 4 is 29.7 Å². The molecule has 2 aromatic rings. The molecule has 3 rings (SSSR count). The highest BCUT2D eigenvalue weighted by atomic mass is 16.5. The van der Waals surface area contributed by atoms with E-state index in [-0.39, 0.29) is 23.0 Å². The van der Waals surface area contributed by atoms with E-state index in [1.807, 2.05) is 0 Å². The molecule has 0 aromatic heterocycles. The van der Waals surface area contributed by atoms with Crippen LogP contribution in [-0.4, -0.2) is 53.6 Å². The number of methoxy groups -OCH3 is 1. The third-order valence-corrected chi connectivity index (χ3v) is 4.41. The average Bonchev–Trinajstić information content (AvgIpc) is 3.06. The van der Waals surface area contributed by atoms with E-state index in [4.69, 9.17) is 24.4 Å². The van der Waals surface area contributed by atoms with Crippen LogP contribution in [0.2, 0.25) is 0 Å². The maximum atomic E-state index is 12.6. The zero-order valence-corrected chi connectivity index (χ0v) is 16.9. The normalized spacial score (nSPS) is 14.3. The van der Waals surface area contributed by atoms with Crippen LogP contribution in [-0.2, 0) is 14.4 Å². The van der Waals surface area contributed by atoms with Gasteiger partial charge < -0.3 is 29.7 Å². The molecule has 1 heterocycles. The number of carboxylic acid groups (broad SMARTS) is 2. The lowest BCUT2D eigenvalue weighted by Crippen LogP contribution is -2.44. The number of carbonyl (C=O) groups is 4. The van der Waals surface area contributed by atoms with Gasteiger partial charge in [0.2, 0.25) is 5.78 Å². The van der Waals surface area contributed by atoms with Gasteiger partial charge in [0, 0.05) is 6.07 Å². The van der Waals surface area contributed by atoms with Gasteiger partial charge in [0.25, 0.3) is 5.91 Å². The zero-order chi connectivity index (χ0) is 23.3. The number of fused-ring (bicyclic) bond motifs is 1. The fourth-order valence-electron chi connectivity index (χ4n) is 2.90. The van der Waals surface area contributed by atoms with Gasteiger partial charge in [0.15, 0.2) is 12.4 Å². The first-order valence-corrected chi connectivity index (χ1v) is 9.36. The molecule has 2 aromatic carbocycles. The second-order valence-corrected chi connectivity index (χ2v) is 6.72. The maximum Gasteiger partial charge on any atom is 0.326 e. The Hall–Kier alpha value is -4.34. The van der Waals surface area contributed by atoms with Crippen LogP contribution in [0.3, 0.4) is 0 Å². The average molecular weight is 441 g/mol. The van der Waals surface area contributed by atoms with Crippen molar-refractivity contribution in [2.24, 2.45) is 0 Å². The van der Waals surface area contributed by atoms with E-state index in [1.165, 1.54) is 25.3 Å². The molecule has 1 unspecified atom stereocenters. The number of carbonyl (C=O) groups excluding carboxylic acids is 2. The van der Waals surface area contributed by atoms with Crippen LogP contribution in [0.25, 0.3) is 6.08 Å². The van der Waals surface area contributed by atoms with E-state index in [0.717, 1.165) is 0 Å².